The quantitative estimate of drug-likeness (QED) is 0.194. The van der Waals surface area contributed by atoms with Crippen LogP contribution in [-0.2, 0) is 31.0 Å². The van der Waals surface area contributed by atoms with Crippen molar-refractivity contribution in [3.63, 3.8) is 0 Å². The Hall–Kier alpha value is -2.70. The van der Waals surface area contributed by atoms with Crippen LogP contribution in [0.25, 0.3) is 0 Å². The highest BCUT2D eigenvalue weighted by Gasteiger charge is 2.61. The molecule has 0 radical (unpaired) electrons. The molecule has 7 heteroatoms. The molecule has 3 aliphatic carbocycles. The Balaban J connectivity index is 1.49. The van der Waals surface area contributed by atoms with Crippen molar-refractivity contribution in [3.05, 3.63) is 28.8 Å². The van der Waals surface area contributed by atoms with Gasteiger partial charge in [0.1, 0.15) is 18.1 Å². The molecule has 0 heterocycles. The first kappa shape index (κ1) is 32.2. The van der Waals surface area contributed by atoms with Crippen molar-refractivity contribution in [2.45, 2.75) is 125 Å². The second kappa shape index (κ2) is 10.8. The van der Waals surface area contributed by atoms with E-state index in [4.69, 9.17) is 4.74 Å². The van der Waals surface area contributed by atoms with E-state index >= 15 is 0 Å². The molecule has 5 unspecified atom stereocenters. The summed E-state index contributed by atoms with van der Waals surface area (Å²) in [6.45, 7) is 18.7. The molecule has 3 aliphatic rings. The molecular weight excluding hydrogens is 530 g/mol. The number of carbonyl (C=O) groups is 4. The number of nitrogens with one attached hydrogen (secondary N) is 1. The van der Waals surface area contributed by atoms with Gasteiger partial charge in [-0.25, -0.2) is 4.79 Å². The number of benzene rings is 1. The highest BCUT2D eigenvalue weighted by Crippen LogP contribution is 2.68. The normalized spacial score (nSPS) is 29.0. The zero-order chi connectivity index (χ0) is 31.5. The van der Waals surface area contributed by atoms with Crippen LogP contribution >= 0.6 is 0 Å². The van der Waals surface area contributed by atoms with Crippen LogP contribution in [0.1, 0.15) is 117 Å². The Kier molecular flexibility index (Phi) is 8.27. The Bertz CT molecular complexity index is 1280. The molecule has 2 saturated carbocycles. The van der Waals surface area contributed by atoms with E-state index in [2.05, 4.69) is 39.9 Å². The van der Waals surface area contributed by atoms with E-state index in [0.717, 1.165) is 24.7 Å². The second-order valence-corrected chi connectivity index (χ2v) is 16.1. The summed E-state index contributed by atoms with van der Waals surface area (Å²) >= 11 is 0. The number of rotatable bonds is 9. The first-order valence-electron chi connectivity index (χ1n) is 15.6. The third kappa shape index (κ3) is 5.77. The van der Waals surface area contributed by atoms with Gasteiger partial charge >= 0.3 is 11.9 Å². The molecule has 1 aromatic carbocycles. The standard InChI is InChI=1S/C35H51NO6/c1-21-15-23(42-27(38)18-24(29(39)40)36-30(41)33(6,7)19-31(2,3)20-37)16-22-17-26-34(8)13-10-12-32(4,5)25(34)11-14-35(26,9)28(21)22/h15-16,20,24-26H,10-14,17-19H2,1-9H3,(H,36,41)(H,39,40). The van der Waals surface area contributed by atoms with Crippen molar-refractivity contribution in [2.75, 3.05) is 0 Å². The summed E-state index contributed by atoms with van der Waals surface area (Å²) in [4.78, 5) is 49.3. The number of aryl methyl sites for hydroxylation is 1. The number of ether oxygens (including phenoxy) is 1. The first-order valence-corrected chi connectivity index (χ1v) is 15.6. The molecule has 42 heavy (non-hydrogen) atoms. The maximum absolute atomic E-state index is 13.0. The number of hydrogen-bond acceptors (Lipinski definition) is 5. The smallest absolute Gasteiger partial charge is 0.326 e. The fourth-order valence-corrected chi connectivity index (χ4v) is 9.64. The van der Waals surface area contributed by atoms with Gasteiger partial charge in [0.05, 0.1) is 6.42 Å². The fourth-order valence-electron chi connectivity index (χ4n) is 9.64. The van der Waals surface area contributed by atoms with Crippen molar-refractivity contribution in [1.29, 1.82) is 0 Å². The maximum Gasteiger partial charge on any atom is 0.326 e. The maximum atomic E-state index is 13.0. The van der Waals surface area contributed by atoms with Crippen molar-refractivity contribution in [3.8, 4) is 5.75 Å². The van der Waals surface area contributed by atoms with E-state index < -0.39 is 41.1 Å². The van der Waals surface area contributed by atoms with E-state index in [1.165, 1.54) is 36.8 Å². The van der Waals surface area contributed by atoms with Crippen LogP contribution in [0.15, 0.2) is 12.1 Å². The number of hydrogen-bond donors (Lipinski definition) is 2. The number of carboxylic acids is 1. The van der Waals surface area contributed by atoms with Gasteiger partial charge in [0.2, 0.25) is 5.91 Å². The number of carbonyl (C=O) groups excluding carboxylic acids is 3. The Morgan fingerprint density at radius 3 is 2.36 bits per heavy atom. The highest BCUT2D eigenvalue weighted by molar-refractivity contribution is 5.90. The number of aliphatic carboxylic acids is 1. The lowest BCUT2D eigenvalue weighted by molar-refractivity contribution is -0.147. The molecule has 0 aliphatic heterocycles. The zero-order valence-corrected chi connectivity index (χ0v) is 27.1. The molecule has 2 fully saturated rings. The summed E-state index contributed by atoms with van der Waals surface area (Å²) in [5.41, 5.74) is 2.68. The van der Waals surface area contributed by atoms with Crippen molar-refractivity contribution >= 4 is 24.1 Å². The van der Waals surface area contributed by atoms with E-state index in [0.29, 0.717) is 23.0 Å². The van der Waals surface area contributed by atoms with Crippen molar-refractivity contribution < 1.29 is 29.0 Å². The fraction of sp³-hybridized carbons (Fsp3) is 0.714. The van der Waals surface area contributed by atoms with Gasteiger partial charge in [0.25, 0.3) is 0 Å². The van der Waals surface area contributed by atoms with Gasteiger partial charge in [-0.15, -0.1) is 0 Å². The first-order chi connectivity index (χ1) is 19.3. The highest BCUT2D eigenvalue weighted by atomic mass is 16.5. The summed E-state index contributed by atoms with van der Waals surface area (Å²) in [5, 5.41) is 12.3. The predicted molar refractivity (Wildman–Crippen MR) is 162 cm³/mol. The summed E-state index contributed by atoms with van der Waals surface area (Å²) in [5.74, 6) is -0.905. The number of carboxylic acid groups (broad SMARTS) is 1. The van der Waals surface area contributed by atoms with E-state index in [1.54, 1.807) is 27.7 Å². The molecule has 1 aromatic rings. The summed E-state index contributed by atoms with van der Waals surface area (Å²) in [6.07, 6.45) is 7.68. The van der Waals surface area contributed by atoms with Crippen LogP contribution in [0.4, 0.5) is 0 Å². The number of aldehydes is 1. The Morgan fingerprint density at radius 2 is 1.74 bits per heavy atom. The minimum atomic E-state index is -1.44. The minimum absolute atomic E-state index is 0.0878. The lowest BCUT2D eigenvalue weighted by Gasteiger charge is -2.61. The Labute approximate surface area is 251 Å². The SMILES string of the molecule is Cc1cc(OC(=O)CC(NC(=O)C(C)(C)CC(C)(C)C=O)C(=O)O)cc2c1C1(C)CCC3C(C)(C)CCCC3(C)C1C2. The average molecular weight is 582 g/mol. The van der Waals surface area contributed by atoms with Gasteiger partial charge in [-0.2, -0.15) is 0 Å². The monoisotopic (exact) mass is 581 g/mol. The third-order valence-electron chi connectivity index (χ3n) is 11.2. The minimum Gasteiger partial charge on any atom is -0.480 e. The van der Waals surface area contributed by atoms with E-state index in [1.807, 2.05) is 12.1 Å². The van der Waals surface area contributed by atoms with Gasteiger partial charge < -0.3 is 20.0 Å². The Morgan fingerprint density at radius 1 is 1.07 bits per heavy atom. The van der Waals surface area contributed by atoms with Crippen LogP contribution in [-0.4, -0.2) is 35.3 Å². The van der Waals surface area contributed by atoms with Gasteiger partial charge in [0.15, 0.2) is 0 Å². The summed E-state index contributed by atoms with van der Waals surface area (Å²) < 4.78 is 5.72. The lowest BCUT2D eigenvalue weighted by atomic mass is 9.43. The van der Waals surface area contributed by atoms with Crippen molar-refractivity contribution in [1.82, 2.24) is 5.32 Å². The average Bonchev–Trinajstić information content (AvgIpc) is 3.16. The van der Waals surface area contributed by atoms with Gasteiger partial charge in [-0.3, -0.25) is 9.59 Å². The second-order valence-electron chi connectivity index (χ2n) is 16.1. The molecule has 0 saturated heterocycles. The predicted octanol–water partition coefficient (Wildman–Crippen LogP) is 6.56. The molecule has 5 atom stereocenters. The lowest BCUT2D eigenvalue weighted by Crippen LogP contribution is -2.55. The molecule has 2 N–H and O–H groups in total. The molecule has 232 valence electrons. The molecular formula is C35H51NO6. The molecule has 7 nitrogen and oxygen atoms in total. The van der Waals surface area contributed by atoms with Crippen LogP contribution < -0.4 is 10.1 Å². The van der Waals surface area contributed by atoms with Crippen LogP contribution in [0.5, 0.6) is 5.75 Å². The number of esters is 1. The van der Waals surface area contributed by atoms with Gasteiger partial charge in [-0.05, 0) is 102 Å². The van der Waals surface area contributed by atoms with Crippen LogP contribution in [0.2, 0.25) is 0 Å². The zero-order valence-electron chi connectivity index (χ0n) is 27.1. The molecule has 0 spiro atoms. The molecule has 0 bridgehead atoms. The number of amides is 1. The summed E-state index contributed by atoms with van der Waals surface area (Å²) in [6, 6.07) is 2.45. The van der Waals surface area contributed by atoms with Crippen LogP contribution in [0.3, 0.4) is 0 Å². The van der Waals surface area contributed by atoms with Crippen molar-refractivity contribution in [2.24, 2.45) is 33.5 Å². The van der Waals surface area contributed by atoms with E-state index in [9.17, 15) is 24.3 Å². The number of fused-ring (bicyclic) bond motifs is 5. The molecule has 0 aromatic heterocycles. The topological polar surface area (TPSA) is 110 Å². The van der Waals surface area contributed by atoms with E-state index in [-0.39, 0.29) is 17.3 Å². The molecule has 4 rings (SSSR count). The van der Waals surface area contributed by atoms with Gasteiger partial charge in [-0.1, -0.05) is 61.8 Å². The van der Waals surface area contributed by atoms with Gasteiger partial charge in [0, 0.05) is 10.8 Å². The van der Waals surface area contributed by atoms with Crippen LogP contribution in [0, 0.1) is 40.4 Å². The third-order valence-corrected chi connectivity index (χ3v) is 11.2. The largest absolute Gasteiger partial charge is 0.480 e. The summed E-state index contributed by atoms with van der Waals surface area (Å²) in [7, 11) is 0. The molecule has 1 amide bonds.